The van der Waals surface area contributed by atoms with E-state index >= 15 is 0 Å². The topological polar surface area (TPSA) is 113 Å². The summed E-state index contributed by atoms with van der Waals surface area (Å²) in [6.07, 6.45) is 1.64. The number of rotatable bonds is 4. The van der Waals surface area contributed by atoms with Crippen LogP contribution in [0.15, 0.2) is 41.2 Å². The Morgan fingerprint density at radius 1 is 1.00 bits per heavy atom. The minimum Gasteiger partial charge on any atom is -0.508 e. The number of hydrogen-bond donors (Lipinski definition) is 3. The minimum absolute atomic E-state index is 0.0109. The van der Waals surface area contributed by atoms with Gasteiger partial charge >= 0.3 is 5.69 Å². The fourth-order valence-electron chi connectivity index (χ4n) is 4.66. The summed E-state index contributed by atoms with van der Waals surface area (Å²) in [5.41, 5.74) is 2.31. The molecule has 9 nitrogen and oxygen atoms in total. The number of H-pyrrole nitrogens is 1. The van der Waals surface area contributed by atoms with Crippen molar-refractivity contribution in [1.29, 1.82) is 0 Å². The third kappa shape index (κ3) is 3.87. The summed E-state index contributed by atoms with van der Waals surface area (Å²) < 4.78 is 13.0. The molecule has 0 aliphatic carbocycles. The van der Waals surface area contributed by atoms with E-state index in [1.807, 2.05) is 38.1 Å². The number of nitrogens with one attached hydrogen (secondary N) is 1. The summed E-state index contributed by atoms with van der Waals surface area (Å²) in [6, 6.07) is 10.6. The highest BCUT2D eigenvalue weighted by molar-refractivity contribution is 5.69. The van der Waals surface area contributed by atoms with Gasteiger partial charge in [-0.25, -0.2) is 14.5 Å². The van der Waals surface area contributed by atoms with Crippen molar-refractivity contribution >= 4 is 5.69 Å². The maximum atomic E-state index is 12.6. The van der Waals surface area contributed by atoms with Crippen LogP contribution in [0.2, 0.25) is 0 Å². The lowest BCUT2D eigenvalue weighted by atomic mass is 9.98. The van der Waals surface area contributed by atoms with Crippen LogP contribution in [-0.2, 0) is 9.47 Å². The lowest BCUT2D eigenvalue weighted by Crippen LogP contribution is -2.45. The van der Waals surface area contributed by atoms with Crippen LogP contribution in [0, 0.1) is 0 Å². The molecule has 0 atom stereocenters. The lowest BCUT2D eigenvalue weighted by molar-refractivity contribution is -0.169. The molecule has 3 N–H and O–H groups in total. The van der Waals surface area contributed by atoms with Crippen molar-refractivity contribution in [2.45, 2.75) is 38.4 Å². The molecule has 0 amide bonds. The third-order valence-electron chi connectivity index (χ3n) is 6.49. The van der Waals surface area contributed by atoms with E-state index < -0.39 is 11.5 Å². The van der Waals surface area contributed by atoms with E-state index in [2.05, 4.69) is 15.1 Å². The largest absolute Gasteiger partial charge is 0.508 e. The summed E-state index contributed by atoms with van der Waals surface area (Å²) >= 11 is 0. The van der Waals surface area contributed by atoms with E-state index in [1.54, 1.807) is 6.07 Å². The maximum absolute atomic E-state index is 12.6. The van der Waals surface area contributed by atoms with Gasteiger partial charge in [0.2, 0.25) is 0 Å². The van der Waals surface area contributed by atoms with Gasteiger partial charge in [0.15, 0.2) is 11.6 Å². The molecule has 0 unspecified atom stereocenters. The monoisotopic (exact) mass is 452 g/mol. The Morgan fingerprint density at radius 2 is 1.64 bits per heavy atom. The summed E-state index contributed by atoms with van der Waals surface area (Å²) in [5, 5.41) is 27.3. The van der Waals surface area contributed by atoms with Crippen molar-refractivity contribution in [3.63, 3.8) is 0 Å². The van der Waals surface area contributed by atoms with Gasteiger partial charge in [0.1, 0.15) is 11.5 Å². The number of nitrogens with zero attached hydrogens (tertiary/aromatic N) is 3. The average molecular weight is 453 g/mol. The van der Waals surface area contributed by atoms with Gasteiger partial charge in [0, 0.05) is 37.7 Å². The molecule has 2 fully saturated rings. The molecule has 0 bridgehead atoms. The number of aromatic hydroxyl groups is 2. The van der Waals surface area contributed by atoms with Gasteiger partial charge in [-0.1, -0.05) is 13.8 Å². The molecule has 2 aliphatic heterocycles. The van der Waals surface area contributed by atoms with Gasteiger partial charge in [-0.15, -0.1) is 0 Å². The number of anilines is 1. The fraction of sp³-hybridized carbons (Fsp3) is 0.417. The van der Waals surface area contributed by atoms with E-state index in [0.717, 1.165) is 31.6 Å². The minimum atomic E-state index is -0.420. The third-order valence-corrected chi connectivity index (χ3v) is 6.49. The van der Waals surface area contributed by atoms with E-state index in [-0.39, 0.29) is 23.2 Å². The molecule has 1 aromatic heterocycles. The number of benzene rings is 2. The standard InChI is InChI=1S/C24H28N4O5/c1-15(2)18-13-19(21(30)14-20(18)29)22-25-26-23(31)28(22)17-5-3-16(4-6-17)27-9-7-24(8-10-27)32-11-12-33-24/h3-6,13-15,29-30H,7-12H2,1-2H3,(H,26,31). The van der Waals surface area contributed by atoms with Crippen molar-refractivity contribution in [3.8, 4) is 28.6 Å². The Kier molecular flexibility index (Phi) is 5.38. The van der Waals surface area contributed by atoms with Crippen LogP contribution in [0.4, 0.5) is 5.69 Å². The molecule has 2 aromatic carbocycles. The molecule has 2 saturated heterocycles. The number of ether oxygens (including phenoxy) is 2. The molecule has 1 spiro atoms. The Hall–Kier alpha value is -3.30. The maximum Gasteiger partial charge on any atom is 0.348 e. The Morgan fingerprint density at radius 3 is 2.27 bits per heavy atom. The highest BCUT2D eigenvalue weighted by Gasteiger charge is 2.39. The highest BCUT2D eigenvalue weighted by atomic mass is 16.7. The predicted octanol–water partition coefficient (Wildman–Crippen LogP) is 3.11. The molecular weight excluding hydrogens is 424 g/mol. The van der Waals surface area contributed by atoms with Crippen molar-refractivity contribution in [2.75, 3.05) is 31.2 Å². The quantitative estimate of drug-likeness (QED) is 0.557. The molecule has 0 radical (unpaired) electrons. The first-order chi connectivity index (χ1) is 15.9. The molecule has 33 heavy (non-hydrogen) atoms. The summed E-state index contributed by atoms with van der Waals surface area (Å²) in [6.45, 7) is 6.86. The Labute approximate surface area is 191 Å². The summed E-state index contributed by atoms with van der Waals surface area (Å²) in [4.78, 5) is 14.9. The first-order valence-corrected chi connectivity index (χ1v) is 11.2. The molecule has 9 heteroatoms. The van der Waals surface area contributed by atoms with E-state index in [0.29, 0.717) is 30.0 Å². The Balaban J connectivity index is 1.43. The van der Waals surface area contributed by atoms with Crippen LogP contribution in [0.5, 0.6) is 11.5 Å². The first kappa shape index (κ1) is 21.5. The van der Waals surface area contributed by atoms with E-state index in [1.165, 1.54) is 10.6 Å². The van der Waals surface area contributed by atoms with E-state index in [4.69, 9.17) is 9.47 Å². The van der Waals surface area contributed by atoms with Crippen LogP contribution < -0.4 is 10.6 Å². The zero-order valence-electron chi connectivity index (χ0n) is 18.7. The van der Waals surface area contributed by atoms with Crippen LogP contribution in [0.3, 0.4) is 0 Å². The number of phenols is 2. The number of phenolic OH excluding ortho intramolecular Hbond substituents is 2. The number of aromatic amines is 1. The zero-order valence-corrected chi connectivity index (χ0v) is 18.7. The van der Waals surface area contributed by atoms with Gasteiger partial charge in [-0.05, 0) is 41.8 Å². The van der Waals surface area contributed by atoms with Gasteiger partial charge < -0.3 is 24.6 Å². The normalized spacial score (nSPS) is 17.8. The van der Waals surface area contributed by atoms with Crippen molar-refractivity contribution in [3.05, 3.63) is 52.4 Å². The average Bonchev–Trinajstić information content (AvgIpc) is 3.41. The second-order valence-corrected chi connectivity index (χ2v) is 8.88. The predicted molar refractivity (Wildman–Crippen MR) is 123 cm³/mol. The van der Waals surface area contributed by atoms with Gasteiger partial charge in [0.25, 0.3) is 0 Å². The van der Waals surface area contributed by atoms with Crippen molar-refractivity contribution in [1.82, 2.24) is 14.8 Å². The van der Waals surface area contributed by atoms with Gasteiger partial charge in [0.05, 0.1) is 24.5 Å². The SMILES string of the molecule is CC(C)c1cc(-c2n[nH]c(=O)n2-c2ccc(N3CCC4(CC3)OCCO4)cc2)c(O)cc1O. The summed E-state index contributed by atoms with van der Waals surface area (Å²) in [7, 11) is 0. The van der Waals surface area contributed by atoms with Crippen molar-refractivity contribution in [2.24, 2.45) is 0 Å². The molecule has 0 saturated carbocycles. The lowest BCUT2D eigenvalue weighted by Gasteiger charge is -2.38. The van der Waals surface area contributed by atoms with Gasteiger partial charge in [-0.3, -0.25) is 0 Å². The second-order valence-electron chi connectivity index (χ2n) is 8.88. The van der Waals surface area contributed by atoms with Crippen molar-refractivity contribution < 1.29 is 19.7 Å². The smallest absolute Gasteiger partial charge is 0.348 e. The highest BCUT2D eigenvalue weighted by Crippen LogP contribution is 2.38. The summed E-state index contributed by atoms with van der Waals surface area (Å²) in [5.74, 6) is -0.241. The second kappa shape index (κ2) is 8.24. The molecule has 3 heterocycles. The van der Waals surface area contributed by atoms with Crippen LogP contribution >= 0.6 is 0 Å². The molecule has 3 aromatic rings. The molecule has 5 rings (SSSR count). The zero-order chi connectivity index (χ0) is 23.2. The molecular formula is C24H28N4O5. The van der Waals surface area contributed by atoms with Crippen LogP contribution in [0.1, 0.15) is 38.2 Å². The van der Waals surface area contributed by atoms with E-state index in [9.17, 15) is 15.0 Å². The molecule has 174 valence electrons. The van der Waals surface area contributed by atoms with Gasteiger partial charge in [-0.2, -0.15) is 5.10 Å². The molecule has 2 aliphatic rings. The number of hydrogen-bond acceptors (Lipinski definition) is 7. The number of aromatic nitrogens is 3. The Bertz CT molecular complexity index is 1200. The van der Waals surface area contributed by atoms with Crippen LogP contribution in [0.25, 0.3) is 17.1 Å². The fourth-order valence-corrected chi connectivity index (χ4v) is 4.66. The first-order valence-electron chi connectivity index (χ1n) is 11.2. The van der Waals surface area contributed by atoms with Crippen LogP contribution in [-0.4, -0.2) is 57.1 Å². The number of piperidine rings is 1.